The SMILES string of the molecule is CCCCCC(c1ccc(C#N)c(C)c1)N1CC2CC1CN2Cc1ccccc1. The van der Waals surface area contributed by atoms with E-state index in [0.29, 0.717) is 18.1 Å². The highest BCUT2D eigenvalue weighted by Gasteiger charge is 2.45. The summed E-state index contributed by atoms with van der Waals surface area (Å²) in [6, 6.07) is 21.5. The van der Waals surface area contributed by atoms with Crippen molar-refractivity contribution in [3.63, 3.8) is 0 Å². The summed E-state index contributed by atoms with van der Waals surface area (Å²) in [4.78, 5) is 5.46. The Morgan fingerprint density at radius 2 is 1.90 bits per heavy atom. The number of likely N-dealkylation sites (tertiary alicyclic amines) is 2. The largest absolute Gasteiger partial charge is 0.293 e. The van der Waals surface area contributed by atoms with Crippen molar-refractivity contribution >= 4 is 0 Å². The van der Waals surface area contributed by atoms with Crippen LogP contribution >= 0.6 is 0 Å². The van der Waals surface area contributed by atoms with E-state index in [1.54, 1.807) is 0 Å². The number of hydrogen-bond acceptors (Lipinski definition) is 3. The minimum absolute atomic E-state index is 0.488. The van der Waals surface area contributed by atoms with Gasteiger partial charge in [0.25, 0.3) is 0 Å². The highest BCUT2D eigenvalue weighted by Crippen LogP contribution is 2.40. The van der Waals surface area contributed by atoms with E-state index in [4.69, 9.17) is 0 Å². The predicted octanol–water partition coefficient (Wildman–Crippen LogP) is 5.45. The third-order valence-electron chi connectivity index (χ3n) is 6.86. The van der Waals surface area contributed by atoms with Crippen LogP contribution in [0.5, 0.6) is 0 Å². The Morgan fingerprint density at radius 3 is 2.55 bits per heavy atom. The van der Waals surface area contributed by atoms with Gasteiger partial charge in [0, 0.05) is 37.8 Å². The van der Waals surface area contributed by atoms with Crippen LogP contribution in [0.4, 0.5) is 0 Å². The summed E-state index contributed by atoms with van der Waals surface area (Å²) in [6.45, 7) is 7.78. The molecule has 2 aromatic rings. The van der Waals surface area contributed by atoms with E-state index < -0.39 is 0 Å². The molecule has 2 aromatic carbocycles. The molecule has 0 amide bonds. The molecule has 2 saturated heterocycles. The van der Waals surface area contributed by atoms with Gasteiger partial charge in [-0.25, -0.2) is 0 Å². The lowest BCUT2D eigenvalue weighted by atomic mass is 9.95. The van der Waals surface area contributed by atoms with Crippen LogP contribution in [0, 0.1) is 18.3 Å². The molecular weight excluding hydrogens is 354 g/mol. The van der Waals surface area contributed by atoms with Crippen molar-refractivity contribution in [2.45, 2.75) is 70.6 Å². The number of nitrogens with zero attached hydrogens (tertiary/aromatic N) is 3. The molecule has 0 aromatic heterocycles. The summed E-state index contributed by atoms with van der Waals surface area (Å²) in [6.07, 6.45) is 6.36. The minimum atomic E-state index is 0.488. The number of benzene rings is 2. The van der Waals surface area contributed by atoms with Crippen molar-refractivity contribution in [3.05, 3.63) is 70.8 Å². The van der Waals surface area contributed by atoms with Crippen LogP contribution in [0.1, 0.15) is 67.3 Å². The first-order valence-corrected chi connectivity index (χ1v) is 11.2. The Bertz CT molecular complexity index is 854. The zero-order valence-electron chi connectivity index (χ0n) is 17.8. The predicted molar refractivity (Wildman–Crippen MR) is 119 cm³/mol. The molecule has 0 N–H and O–H groups in total. The van der Waals surface area contributed by atoms with Crippen LogP contribution in [0.3, 0.4) is 0 Å². The van der Waals surface area contributed by atoms with Crippen LogP contribution in [-0.4, -0.2) is 35.0 Å². The molecule has 3 nitrogen and oxygen atoms in total. The molecule has 0 spiro atoms. The van der Waals surface area contributed by atoms with Gasteiger partial charge in [-0.2, -0.15) is 5.26 Å². The summed E-state index contributed by atoms with van der Waals surface area (Å²) in [5.74, 6) is 0. The lowest BCUT2D eigenvalue weighted by molar-refractivity contribution is 0.0824. The van der Waals surface area contributed by atoms with Gasteiger partial charge in [-0.15, -0.1) is 0 Å². The van der Waals surface area contributed by atoms with Crippen molar-refractivity contribution in [2.75, 3.05) is 13.1 Å². The lowest BCUT2D eigenvalue weighted by Gasteiger charge is -2.39. The average Bonchev–Trinajstić information content (AvgIpc) is 3.32. The van der Waals surface area contributed by atoms with E-state index in [9.17, 15) is 5.26 Å². The highest BCUT2D eigenvalue weighted by molar-refractivity contribution is 5.40. The molecule has 2 heterocycles. The Labute approximate surface area is 175 Å². The normalized spacial score (nSPS) is 22.7. The highest BCUT2D eigenvalue weighted by atomic mass is 15.4. The van der Waals surface area contributed by atoms with Gasteiger partial charge in [0.2, 0.25) is 0 Å². The summed E-state index contributed by atoms with van der Waals surface area (Å²) in [5, 5.41) is 9.30. The van der Waals surface area contributed by atoms with Crippen LogP contribution in [-0.2, 0) is 6.54 Å². The van der Waals surface area contributed by atoms with Crippen LogP contribution in [0.15, 0.2) is 48.5 Å². The summed E-state index contributed by atoms with van der Waals surface area (Å²) in [5.41, 5.74) is 4.74. The molecule has 3 atom stereocenters. The minimum Gasteiger partial charge on any atom is -0.293 e. The molecule has 0 aliphatic carbocycles. The van der Waals surface area contributed by atoms with Crippen molar-refractivity contribution in [3.8, 4) is 6.07 Å². The van der Waals surface area contributed by atoms with Crippen LogP contribution in [0.2, 0.25) is 0 Å². The molecule has 2 fully saturated rings. The number of hydrogen-bond donors (Lipinski definition) is 0. The Balaban J connectivity index is 1.48. The van der Waals surface area contributed by atoms with Gasteiger partial charge in [-0.05, 0) is 42.5 Å². The first-order chi connectivity index (χ1) is 14.2. The van der Waals surface area contributed by atoms with Crippen molar-refractivity contribution < 1.29 is 0 Å². The molecule has 0 saturated carbocycles. The molecule has 0 radical (unpaired) electrons. The molecule has 3 unspecified atom stereocenters. The number of unbranched alkanes of at least 4 members (excludes halogenated alkanes) is 2. The van der Waals surface area contributed by atoms with E-state index in [1.165, 1.54) is 56.3 Å². The molecule has 29 heavy (non-hydrogen) atoms. The number of rotatable bonds is 8. The van der Waals surface area contributed by atoms with E-state index in [0.717, 1.165) is 17.7 Å². The van der Waals surface area contributed by atoms with Crippen molar-refractivity contribution in [1.82, 2.24) is 9.80 Å². The molecule has 3 heteroatoms. The monoisotopic (exact) mass is 387 g/mol. The van der Waals surface area contributed by atoms with Crippen LogP contribution in [0.25, 0.3) is 0 Å². The zero-order chi connectivity index (χ0) is 20.2. The maximum atomic E-state index is 9.30. The summed E-state index contributed by atoms with van der Waals surface area (Å²) < 4.78 is 0. The standard InChI is InChI=1S/C26H33N3/c1-3-4-6-11-26(22-12-13-23(16-27)20(2)14-22)29-19-24-15-25(29)18-28(24)17-21-9-7-5-8-10-21/h5,7-10,12-14,24-26H,3-4,6,11,15,17-19H2,1-2H3. The number of nitriles is 1. The van der Waals surface area contributed by atoms with Gasteiger partial charge in [0.05, 0.1) is 11.6 Å². The smallest absolute Gasteiger partial charge is 0.0994 e. The lowest BCUT2D eigenvalue weighted by Crippen LogP contribution is -2.47. The summed E-state index contributed by atoms with van der Waals surface area (Å²) >= 11 is 0. The van der Waals surface area contributed by atoms with Crippen molar-refractivity contribution in [1.29, 1.82) is 5.26 Å². The Hall–Kier alpha value is -2.15. The van der Waals surface area contributed by atoms with E-state index >= 15 is 0 Å². The number of aryl methyl sites for hydroxylation is 1. The maximum absolute atomic E-state index is 9.30. The Kier molecular flexibility index (Phi) is 6.33. The quantitative estimate of drug-likeness (QED) is 0.565. The summed E-state index contributed by atoms with van der Waals surface area (Å²) in [7, 11) is 0. The van der Waals surface area contributed by atoms with Gasteiger partial charge < -0.3 is 0 Å². The van der Waals surface area contributed by atoms with Crippen LogP contribution < -0.4 is 0 Å². The molecule has 2 aliphatic heterocycles. The second-order valence-corrected chi connectivity index (χ2v) is 8.85. The second kappa shape index (κ2) is 9.11. The Morgan fingerprint density at radius 1 is 1.07 bits per heavy atom. The maximum Gasteiger partial charge on any atom is 0.0994 e. The number of fused-ring (bicyclic) bond motifs is 2. The van der Waals surface area contributed by atoms with Gasteiger partial charge in [-0.3, -0.25) is 9.80 Å². The fourth-order valence-corrected chi connectivity index (χ4v) is 5.30. The fraction of sp³-hybridized carbons (Fsp3) is 0.500. The third kappa shape index (κ3) is 4.39. The van der Waals surface area contributed by atoms with E-state index in [-0.39, 0.29) is 0 Å². The van der Waals surface area contributed by atoms with E-state index in [1.807, 2.05) is 6.07 Å². The fourth-order valence-electron chi connectivity index (χ4n) is 5.30. The topological polar surface area (TPSA) is 30.3 Å². The first kappa shape index (κ1) is 20.1. The van der Waals surface area contributed by atoms with Crippen molar-refractivity contribution in [2.24, 2.45) is 0 Å². The zero-order valence-corrected chi connectivity index (χ0v) is 17.8. The molecule has 2 bridgehead atoms. The molecule has 152 valence electrons. The molecule has 4 rings (SSSR count). The van der Waals surface area contributed by atoms with E-state index in [2.05, 4.69) is 72.2 Å². The first-order valence-electron chi connectivity index (χ1n) is 11.2. The van der Waals surface area contributed by atoms with Gasteiger partial charge in [0.1, 0.15) is 0 Å². The average molecular weight is 388 g/mol. The third-order valence-corrected chi connectivity index (χ3v) is 6.86. The van der Waals surface area contributed by atoms with Gasteiger partial charge >= 0.3 is 0 Å². The molecule has 2 aliphatic rings. The second-order valence-electron chi connectivity index (χ2n) is 8.85. The molecular formula is C26H33N3. The van der Waals surface area contributed by atoms with Gasteiger partial charge in [0.15, 0.2) is 0 Å². The number of piperazine rings is 1. The van der Waals surface area contributed by atoms with Gasteiger partial charge in [-0.1, -0.05) is 68.7 Å².